The van der Waals surface area contributed by atoms with Crippen molar-refractivity contribution in [3.63, 3.8) is 0 Å². The van der Waals surface area contributed by atoms with Gasteiger partial charge in [-0.1, -0.05) is 15.9 Å². The van der Waals surface area contributed by atoms with Crippen molar-refractivity contribution in [2.45, 2.75) is 0 Å². The van der Waals surface area contributed by atoms with E-state index < -0.39 is 0 Å². The van der Waals surface area contributed by atoms with Crippen LogP contribution in [0.5, 0.6) is 0 Å². The van der Waals surface area contributed by atoms with Crippen LogP contribution in [0.25, 0.3) is 0 Å². The summed E-state index contributed by atoms with van der Waals surface area (Å²) in [5, 5.41) is 2.88. The van der Waals surface area contributed by atoms with Crippen molar-refractivity contribution in [2.24, 2.45) is 0 Å². The molecule has 0 saturated heterocycles. The van der Waals surface area contributed by atoms with Crippen LogP contribution in [-0.2, 0) is 0 Å². The number of nitrogens with two attached hydrogens (primary N) is 1. The van der Waals surface area contributed by atoms with Crippen LogP contribution in [0, 0.1) is 3.57 Å². The average Bonchev–Trinajstić information content (AvgIpc) is 2.36. The number of amides is 1. The number of nitrogen functional groups attached to an aromatic ring is 1. The average molecular weight is 575 g/mol. The van der Waals surface area contributed by atoms with Crippen molar-refractivity contribution in [3.05, 3.63) is 52.9 Å². The van der Waals surface area contributed by atoms with Gasteiger partial charge in [0.25, 0.3) is 5.91 Å². The first kappa shape index (κ1) is 16.3. The SMILES string of the molecule is Nc1cc(Br)c(NC(=O)c2cc(Br)ccc2I)c(Br)c1. The molecule has 0 heterocycles. The number of benzene rings is 2. The lowest BCUT2D eigenvalue weighted by Gasteiger charge is -2.12. The number of hydrogen-bond acceptors (Lipinski definition) is 2. The minimum atomic E-state index is -0.179. The molecule has 0 bridgehead atoms. The molecule has 3 nitrogen and oxygen atoms in total. The maximum absolute atomic E-state index is 12.4. The second-order valence-electron chi connectivity index (χ2n) is 3.94. The molecule has 0 atom stereocenters. The quantitative estimate of drug-likeness (QED) is 0.372. The summed E-state index contributed by atoms with van der Waals surface area (Å²) >= 11 is 12.3. The summed E-state index contributed by atoms with van der Waals surface area (Å²) in [6.45, 7) is 0. The van der Waals surface area contributed by atoms with Crippen LogP contribution in [0.3, 0.4) is 0 Å². The Labute approximate surface area is 155 Å². The van der Waals surface area contributed by atoms with Gasteiger partial charge in [-0.05, 0) is 84.8 Å². The fourth-order valence-electron chi connectivity index (χ4n) is 1.56. The second kappa shape index (κ2) is 6.76. The zero-order valence-electron chi connectivity index (χ0n) is 9.88. The van der Waals surface area contributed by atoms with Crippen molar-refractivity contribution in [3.8, 4) is 0 Å². The van der Waals surface area contributed by atoms with Gasteiger partial charge < -0.3 is 11.1 Å². The lowest BCUT2D eigenvalue weighted by atomic mass is 10.2. The molecular formula is C13H8Br3IN2O. The van der Waals surface area contributed by atoms with Crippen LogP contribution in [0.2, 0.25) is 0 Å². The monoisotopic (exact) mass is 572 g/mol. The lowest BCUT2D eigenvalue weighted by molar-refractivity contribution is 0.102. The Morgan fingerprint density at radius 3 is 2.30 bits per heavy atom. The molecule has 0 radical (unpaired) electrons. The molecule has 104 valence electrons. The van der Waals surface area contributed by atoms with Crippen LogP contribution in [0.15, 0.2) is 43.7 Å². The van der Waals surface area contributed by atoms with Crippen molar-refractivity contribution in [1.29, 1.82) is 0 Å². The molecule has 1 amide bonds. The number of nitrogens with one attached hydrogen (secondary N) is 1. The number of hydrogen-bond donors (Lipinski definition) is 2. The highest BCUT2D eigenvalue weighted by Crippen LogP contribution is 2.34. The summed E-state index contributed by atoms with van der Waals surface area (Å²) < 4.78 is 3.19. The zero-order valence-corrected chi connectivity index (χ0v) is 16.8. The maximum Gasteiger partial charge on any atom is 0.256 e. The Morgan fingerprint density at radius 2 is 1.70 bits per heavy atom. The Hall–Kier alpha value is -0.120. The van der Waals surface area contributed by atoms with E-state index in [0.717, 1.165) is 17.0 Å². The number of anilines is 2. The van der Waals surface area contributed by atoms with Crippen LogP contribution in [-0.4, -0.2) is 5.91 Å². The van der Waals surface area contributed by atoms with Gasteiger partial charge in [0, 0.05) is 22.7 Å². The van der Waals surface area contributed by atoms with Crippen LogP contribution in [0.1, 0.15) is 10.4 Å². The standard InChI is InChI=1S/C13H8Br3IN2O/c14-6-1-2-11(17)8(3-6)13(20)19-12-9(15)4-7(18)5-10(12)16/h1-5H,18H2,(H,19,20). The van der Waals surface area contributed by atoms with E-state index >= 15 is 0 Å². The number of carbonyl (C=O) groups is 1. The first-order valence-electron chi connectivity index (χ1n) is 5.39. The summed E-state index contributed by atoms with van der Waals surface area (Å²) in [5.74, 6) is -0.179. The van der Waals surface area contributed by atoms with Gasteiger partial charge in [0.2, 0.25) is 0 Å². The predicted octanol–water partition coefficient (Wildman–Crippen LogP) is 5.41. The third-order valence-electron chi connectivity index (χ3n) is 2.48. The third-order valence-corrected chi connectivity index (χ3v) is 5.16. The zero-order chi connectivity index (χ0) is 14.9. The highest BCUT2D eigenvalue weighted by atomic mass is 127. The van der Waals surface area contributed by atoms with Gasteiger partial charge in [-0.25, -0.2) is 0 Å². The van der Waals surface area contributed by atoms with Gasteiger partial charge in [-0.2, -0.15) is 0 Å². The van der Waals surface area contributed by atoms with E-state index in [1.54, 1.807) is 18.2 Å². The Bertz CT molecular complexity index is 668. The second-order valence-corrected chi connectivity index (χ2v) is 7.72. The molecule has 0 aliphatic heterocycles. The van der Waals surface area contributed by atoms with Gasteiger partial charge in [-0.15, -0.1) is 0 Å². The van der Waals surface area contributed by atoms with E-state index in [1.807, 2.05) is 12.1 Å². The summed E-state index contributed by atoms with van der Waals surface area (Å²) in [6, 6.07) is 9.05. The molecular weight excluding hydrogens is 567 g/mol. The van der Waals surface area contributed by atoms with E-state index in [4.69, 9.17) is 5.73 Å². The van der Waals surface area contributed by atoms with Crippen LogP contribution >= 0.6 is 70.4 Å². The first-order chi connectivity index (χ1) is 9.38. The van der Waals surface area contributed by atoms with Crippen molar-refractivity contribution in [1.82, 2.24) is 0 Å². The molecule has 2 aromatic rings. The van der Waals surface area contributed by atoms with Gasteiger partial charge in [-0.3, -0.25) is 4.79 Å². The minimum absolute atomic E-state index is 0.179. The molecule has 0 aliphatic rings. The molecule has 2 rings (SSSR count). The molecule has 2 aromatic carbocycles. The van der Waals surface area contributed by atoms with Gasteiger partial charge in [0.1, 0.15) is 0 Å². The lowest BCUT2D eigenvalue weighted by Crippen LogP contribution is -2.14. The number of halogens is 4. The van der Waals surface area contributed by atoms with E-state index in [-0.39, 0.29) is 5.91 Å². The Balaban J connectivity index is 2.35. The molecule has 0 saturated carbocycles. The first-order valence-corrected chi connectivity index (χ1v) is 8.85. The Kier molecular flexibility index (Phi) is 5.49. The maximum atomic E-state index is 12.4. The summed E-state index contributed by atoms with van der Waals surface area (Å²) in [5.41, 5.74) is 7.60. The van der Waals surface area contributed by atoms with Crippen molar-refractivity contribution in [2.75, 3.05) is 11.1 Å². The van der Waals surface area contributed by atoms with Crippen molar-refractivity contribution < 1.29 is 4.79 Å². The van der Waals surface area contributed by atoms with Gasteiger partial charge in [0.05, 0.1) is 11.3 Å². The molecule has 7 heteroatoms. The fourth-order valence-corrected chi connectivity index (χ4v) is 3.93. The molecule has 0 aromatic heterocycles. The molecule has 3 N–H and O–H groups in total. The largest absolute Gasteiger partial charge is 0.399 e. The molecule has 0 spiro atoms. The number of carbonyl (C=O) groups excluding carboxylic acids is 1. The predicted molar refractivity (Wildman–Crippen MR) is 101 cm³/mol. The molecule has 0 aliphatic carbocycles. The van der Waals surface area contributed by atoms with Crippen LogP contribution in [0.4, 0.5) is 11.4 Å². The van der Waals surface area contributed by atoms with E-state index in [0.29, 0.717) is 16.9 Å². The third kappa shape index (κ3) is 3.75. The van der Waals surface area contributed by atoms with E-state index in [9.17, 15) is 4.79 Å². The summed E-state index contributed by atoms with van der Waals surface area (Å²) in [4.78, 5) is 12.4. The highest BCUT2D eigenvalue weighted by Gasteiger charge is 2.14. The van der Waals surface area contributed by atoms with E-state index in [2.05, 4.69) is 75.7 Å². The minimum Gasteiger partial charge on any atom is -0.399 e. The van der Waals surface area contributed by atoms with Crippen LogP contribution < -0.4 is 11.1 Å². The Morgan fingerprint density at radius 1 is 1.10 bits per heavy atom. The summed E-state index contributed by atoms with van der Waals surface area (Å²) in [7, 11) is 0. The fraction of sp³-hybridized carbons (Fsp3) is 0. The van der Waals surface area contributed by atoms with E-state index in [1.165, 1.54) is 0 Å². The molecule has 0 unspecified atom stereocenters. The smallest absolute Gasteiger partial charge is 0.256 e. The van der Waals surface area contributed by atoms with Gasteiger partial charge >= 0.3 is 0 Å². The molecule has 0 fully saturated rings. The topological polar surface area (TPSA) is 55.1 Å². The summed E-state index contributed by atoms with van der Waals surface area (Å²) in [6.07, 6.45) is 0. The highest BCUT2D eigenvalue weighted by molar-refractivity contribution is 14.1. The number of rotatable bonds is 2. The van der Waals surface area contributed by atoms with Crippen molar-refractivity contribution >= 4 is 87.7 Å². The normalized spacial score (nSPS) is 10.4. The van der Waals surface area contributed by atoms with Gasteiger partial charge in [0.15, 0.2) is 0 Å². The molecule has 20 heavy (non-hydrogen) atoms.